The molecule has 1 amide bonds. The van der Waals surface area contributed by atoms with Gasteiger partial charge in [-0.05, 0) is 39.5 Å². The van der Waals surface area contributed by atoms with Crippen LogP contribution in [0.2, 0.25) is 0 Å². The Balaban J connectivity index is 1.51. The monoisotopic (exact) mass is 428 g/mol. The van der Waals surface area contributed by atoms with Gasteiger partial charge in [-0.3, -0.25) is 4.98 Å². The quantitative estimate of drug-likeness (QED) is 0.697. The molecule has 3 heterocycles. The van der Waals surface area contributed by atoms with E-state index in [1.165, 1.54) is 0 Å². The van der Waals surface area contributed by atoms with E-state index in [1.54, 1.807) is 4.90 Å². The molecule has 8 nitrogen and oxygen atoms in total. The van der Waals surface area contributed by atoms with Crippen LogP contribution in [0.4, 0.5) is 4.79 Å². The smallest absolute Gasteiger partial charge is 0.410 e. The van der Waals surface area contributed by atoms with Crippen molar-refractivity contribution in [3.8, 4) is 17.3 Å². The second kappa shape index (κ2) is 7.80. The number of ether oxygens (including phenoxy) is 2. The van der Waals surface area contributed by atoms with E-state index in [9.17, 15) is 4.79 Å². The Kier molecular flexibility index (Phi) is 5.43. The van der Waals surface area contributed by atoms with Gasteiger partial charge >= 0.3 is 6.09 Å². The molecule has 2 aromatic rings. The number of likely N-dealkylation sites (tertiary alicyclic amines) is 1. The summed E-state index contributed by atoms with van der Waals surface area (Å²) in [5.41, 5.74) is 0.999. The molecular formula is C23H32N4O4. The molecule has 1 aliphatic carbocycles. The minimum absolute atomic E-state index is 0.0873. The Morgan fingerprint density at radius 2 is 1.90 bits per heavy atom. The van der Waals surface area contributed by atoms with Gasteiger partial charge in [0.05, 0.1) is 6.54 Å². The number of aromatic nitrogens is 3. The highest BCUT2D eigenvalue weighted by Crippen LogP contribution is 2.45. The van der Waals surface area contributed by atoms with Crippen molar-refractivity contribution in [1.82, 2.24) is 20.0 Å². The van der Waals surface area contributed by atoms with Gasteiger partial charge in [0.1, 0.15) is 23.1 Å². The van der Waals surface area contributed by atoms with E-state index in [1.807, 2.05) is 53.8 Å². The van der Waals surface area contributed by atoms with Crippen LogP contribution in [-0.4, -0.2) is 50.9 Å². The largest absolute Gasteiger partial charge is 0.488 e. The average molecular weight is 429 g/mol. The predicted octanol–water partition coefficient (Wildman–Crippen LogP) is 4.69. The Hall–Kier alpha value is -2.64. The zero-order chi connectivity index (χ0) is 22.4. The van der Waals surface area contributed by atoms with E-state index < -0.39 is 5.60 Å². The molecular weight excluding hydrogens is 396 g/mol. The average Bonchev–Trinajstić information content (AvgIpc) is 3.17. The van der Waals surface area contributed by atoms with E-state index in [4.69, 9.17) is 14.0 Å². The maximum Gasteiger partial charge on any atom is 0.410 e. The Bertz CT molecular complexity index is 953. The summed E-state index contributed by atoms with van der Waals surface area (Å²) in [5, 5.41) is 4.11. The third-order valence-corrected chi connectivity index (χ3v) is 5.30. The van der Waals surface area contributed by atoms with Crippen molar-refractivity contribution in [2.24, 2.45) is 0 Å². The molecule has 1 saturated carbocycles. The molecule has 168 valence electrons. The number of carbonyl (C=O) groups is 1. The number of amides is 1. The first kappa shape index (κ1) is 21.6. The lowest BCUT2D eigenvalue weighted by Gasteiger charge is -2.24. The fourth-order valence-electron chi connectivity index (χ4n) is 3.50. The molecule has 0 spiro atoms. The molecule has 1 aliphatic heterocycles. The van der Waals surface area contributed by atoms with Crippen LogP contribution in [0.25, 0.3) is 11.5 Å². The molecule has 1 unspecified atom stereocenters. The van der Waals surface area contributed by atoms with E-state index in [0.717, 1.165) is 30.6 Å². The maximum atomic E-state index is 12.4. The zero-order valence-corrected chi connectivity index (χ0v) is 19.3. The second-order valence-electron chi connectivity index (χ2n) is 10.5. The molecule has 0 bridgehead atoms. The highest BCUT2D eigenvalue weighted by atomic mass is 16.6. The minimum Gasteiger partial charge on any atom is -0.488 e. The van der Waals surface area contributed by atoms with Gasteiger partial charge in [0.2, 0.25) is 11.7 Å². The summed E-state index contributed by atoms with van der Waals surface area (Å²) in [6.07, 6.45) is 4.53. The Morgan fingerprint density at radius 3 is 2.52 bits per heavy atom. The first-order chi connectivity index (χ1) is 14.5. The van der Waals surface area contributed by atoms with E-state index >= 15 is 0 Å². The van der Waals surface area contributed by atoms with E-state index in [-0.39, 0.29) is 17.6 Å². The summed E-state index contributed by atoms with van der Waals surface area (Å²) in [5.74, 6) is 2.31. The number of hydrogen-bond donors (Lipinski definition) is 0. The molecule has 1 atom stereocenters. The zero-order valence-electron chi connectivity index (χ0n) is 19.3. The molecule has 1 saturated heterocycles. The highest BCUT2D eigenvalue weighted by molar-refractivity contribution is 5.68. The first-order valence-corrected chi connectivity index (χ1v) is 11.0. The number of hydrogen-bond acceptors (Lipinski definition) is 7. The van der Waals surface area contributed by atoms with E-state index in [0.29, 0.717) is 36.4 Å². The lowest BCUT2D eigenvalue weighted by Crippen LogP contribution is -2.36. The fourth-order valence-corrected chi connectivity index (χ4v) is 3.50. The molecule has 4 rings (SSSR count). The number of carbonyl (C=O) groups excluding carboxylic acids is 1. The lowest BCUT2D eigenvalue weighted by molar-refractivity contribution is 0.0275. The number of rotatable bonds is 4. The third-order valence-electron chi connectivity index (χ3n) is 5.30. The van der Waals surface area contributed by atoms with Crippen molar-refractivity contribution in [2.45, 2.75) is 83.8 Å². The predicted molar refractivity (Wildman–Crippen MR) is 115 cm³/mol. The maximum absolute atomic E-state index is 12.4. The summed E-state index contributed by atoms with van der Waals surface area (Å²) >= 11 is 0. The van der Waals surface area contributed by atoms with Crippen molar-refractivity contribution in [3.63, 3.8) is 0 Å². The molecule has 0 radical (unpaired) electrons. The van der Waals surface area contributed by atoms with Crippen LogP contribution >= 0.6 is 0 Å². The van der Waals surface area contributed by atoms with Gasteiger partial charge in [0.15, 0.2) is 0 Å². The number of nitrogens with zero attached hydrogens (tertiary/aromatic N) is 4. The molecule has 31 heavy (non-hydrogen) atoms. The second-order valence-corrected chi connectivity index (χ2v) is 10.5. The van der Waals surface area contributed by atoms with Gasteiger partial charge in [-0.1, -0.05) is 25.9 Å². The Labute approximate surface area is 183 Å². The van der Waals surface area contributed by atoms with Gasteiger partial charge in [-0.15, -0.1) is 0 Å². The minimum atomic E-state index is -0.508. The van der Waals surface area contributed by atoms with Crippen LogP contribution in [0, 0.1) is 0 Å². The normalized spacial score (nSPS) is 19.5. The topological polar surface area (TPSA) is 90.6 Å². The van der Waals surface area contributed by atoms with Gasteiger partial charge in [0, 0.05) is 36.2 Å². The fraction of sp³-hybridized carbons (Fsp3) is 0.652. The van der Waals surface area contributed by atoms with Gasteiger partial charge in [-0.2, -0.15) is 4.98 Å². The van der Waals surface area contributed by atoms with Crippen LogP contribution in [0.3, 0.4) is 0 Å². The van der Waals surface area contributed by atoms with Gasteiger partial charge < -0.3 is 18.9 Å². The summed E-state index contributed by atoms with van der Waals surface area (Å²) < 4.78 is 17.3. The van der Waals surface area contributed by atoms with Crippen molar-refractivity contribution in [3.05, 3.63) is 23.7 Å². The summed E-state index contributed by atoms with van der Waals surface area (Å²) in [6, 6.07) is 1.90. The summed E-state index contributed by atoms with van der Waals surface area (Å²) in [4.78, 5) is 23.2. The van der Waals surface area contributed by atoms with Crippen LogP contribution in [0.1, 0.15) is 78.2 Å². The molecule has 0 aromatic carbocycles. The Morgan fingerprint density at radius 1 is 1.16 bits per heavy atom. The SMILES string of the molecule is CC(C)(C)OC(=O)N1CCC(Oc2cc(-c3noc(C(C)(C)C)n3)ncc2C2CC2)C1. The van der Waals surface area contributed by atoms with Crippen molar-refractivity contribution in [1.29, 1.82) is 0 Å². The molecule has 2 aliphatic rings. The number of pyridine rings is 1. The first-order valence-electron chi connectivity index (χ1n) is 11.0. The molecule has 0 N–H and O–H groups in total. The summed E-state index contributed by atoms with van der Waals surface area (Å²) in [6.45, 7) is 12.8. The summed E-state index contributed by atoms with van der Waals surface area (Å²) in [7, 11) is 0. The van der Waals surface area contributed by atoms with Crippen molar-refractivity contribution < 1.29 is 18.8 Å². The van der Waals surface area contributed by atoms with E-state index in [2.05, 4.69) is 15.1 Å². The van der Waals surface area contributed by atoms with Crippen LogP contribution < -0.4 is 4.74 Å². The molecule has 2 fully saturated rings. The molecule has 8 heteroatoms. The molecule has 2 aromatic heterocycles. The third kappa shape index (κ3) is 5.17. The van der Waals surface area contributed by atoms with Crippen molar-refractivity contribution in [2.75, 3.05) is 13.1 Å². The van der Waals surface area contributed by atoms with Crippen LogP contribution in [0.15, 0.2) is 16.8 Å². The highest BCUT2D eigenvalue weighted by Gasteiger charge is 2.33. The van der Waals surface area contributed by atoms with Crippen LogP contribution in [-0.2, 0) is 10.2 Å². The van der Waals surface area contributed by atoms with Gasteiger partial charge in [-0.25, -0.2) is 4.79 Å². The van der Waals surface area contributed by atoms with Crippen LogP contribution in [0.5, 0.6) is 5.75 Å². The standard InChI is InChI=1S/C23H32N4O4/c1-22(2,3)20-25-19(26-31-20)17-11-18(16(12-24-17)14-7-8-14)29-15-9-10-27(13-15)21(28)30-23(4,5)6/h11-12,14-15H,7-10,13H2,1-6H3. The van der Waals surface area contributed by atoms with Crippen molar-refractivity contribution >= 4 is 6.09 Å². The lowest BCUT2D eigenvalue weighted by atomic mass is 9.97. The van der Waals surface area contributed by atoms with Gasteiger partial charge in [0.25, 0.3) is 0 Å².